The van der Waals surface area contributed by atoms with E-state index >= 15 is 0 Å². The van der Waals surface area contributed by atoms with E-state index in [1.165, 1.54) is 38.5 Å². The molecule has 14 heavy (non-hydrogen) atoms. The van der Waals surface area contributed by atoms with E-state index in [0.29, 0.717) is 6.10 Å². The van der Waals surface area contributed by atoms with E-state index < -0.39 is 0 Å². The molecule has 1 unspecified atom stereocenters. The SMILES string of the molecule is CCCC(C)OCC1C2(CC2)C12CC2. The van der Waals surface area contributed by atoms with Gasteiger partial charge in [-0.15, -0.1) is 0 Å². The quantitative estimate of drug-likeness (QED) is 0.652. The summed E-state index contributed by atoms with van der Waals surface area (Å²) < 4.78 is 5.96. The molecule has 0 heterocycles. The van der Waals surface area contributed by atoms with Gasteiger partial charge in [0.05, 0.1) is 12.7 Å². The fourth-order valence-corrected chi connectivity index (χ4v) is 3.87. The minimum atomic E-state index is 0.493. The van der Waals surface area contributed by atoms with Gasteiger partial charge in [0, 0.05) is 0 Å². The molecule has 3 saturated carbocycles. The molecule has 2 spiro atoms. The van der Waals surface area contributed by atoms with Crippen LogP contribution in [0.1, 0.15) is 52.4 Å². The maximum atomic E-state index is 5.96. The summed E-state index contributed by atoms with van der Waals surface area (Å²) in [5, 5.41) is 0. The van der Waals surface area contributed by atoms with Crippen LogP contribution < -0.4 is 0 Å². The van der Waals surface area contributed by atoms with Gasteiger partial charge in [0.15, 0.2) is 0 Å². The van der Waals surface area contributed by atoms with E-state index in [2.05, 4.69) is 13.8 Å². The van der Waals surface area contributed by atoms with Crippen molar-refractivity contribution in [2.75, 3.05) is 6.61 Å². The lowest BCUT2D eigenvalue weighted by Gasteiger charge is -2.11. The average molecular weight is 194 g/mol. The van der Waals surface area contributed by atoms with Crippen LogP contribution in [-0.4, -0.2) is 12.7 Å². The third kappa shape index (κ3) is 1.05. The number of rotatable bonds is 5. The van der Waals surface area contributed by atoms with E-state index in [0.717, 1.165) is 23.4 Å². The van der Waals surface area contributed by atoms with Crippen LogP contribution in [0.5, 0.6) is 0 Å². The second-order valence-electron chi connectivity index (χ2n) is 5.80. The second kappa shape index (κ2) is 2.75. The molecule has 0 N–H and O–H groups in total. The van der Waals surface area contributed by atoms with Crippen LogP contribution in [0.4, 0.5) is 0 Å². The van der Waals surface area contributed by atoms with Gasteiger partial charge in [-0.1, -0.05) is 13.3 Å². The van der Waals surface area contributed by atoms with Crippen LogP contribution in [0.2, 0.25) is 0 Å². The van der Waals surface area contributed by atoms with Crippen LogP contribution >= 0.6 is 0 Å². The first-order valence-corrected chi connectivity index (χ1v) is 6.37. The first kappa shape index (κ1) is 9.21. The van der Waals surface area contributed by atoms with Gasteiger partial charge in [0.1, 0.15) is 0 Å². The molecular weight excluding hydrogens is 172 g/mol. The highest BCUT2D eigenvalue weighted by Gasteiger charge is 2.86. The van der Waals surface area contributed by atoms with Crippen molar-refractivity contribution >= 4 is 0 Å². The van der Waals surface area contributed by atoms with Crippen molar-refractivity contribution < 1.29 is 4.74 Å². The molecule has 0 amide bonds. The number of hydrogen-bond donors (Lipinski definition) is 0. The Hall–Kier alpha value is -0.0400. The van der Waals surface area contributed by atoms with Crippen molar-refractivity contribution in [3.8, 4) is 0 Å². The topological polar surface area (TPSA) is 9.23 Å². The normalized spacial score (nSPS) is 36.0. The lowest BCUT2D eigenvalue weighted by atomic mass is 10.2. The Bertz CT molecular complexity index is 220. The molecule has 0 aliphatic heterocycles. The summed E-state index contributed by atoms with van der Waals surface area (Å²) in [6.45, 7) is 5.54. The summed E-state index contributed by atoms with van der Waals surface area (Å²) in [6, 6.07) is 0. The Morgan fingerprint density at radius 2 is 1.79 bits per heavy atom. The molecular formula is C13H22O. The molecule has 0 saturated heterocycles. The van der Waals surface area contributed by atoms with E-state index in [-0.39, 0.29) is 0 Å². The van der Waals surface area contributed by atoms with Crippen molar-refractivity contribution in [3.05, 3.63) is 0 Å². The van der Waals surface area contributed by atoms with E-state index in [4.69, 9.17) is 4.74 Å². The Balaban J connectivity index is 1.46. The Labute approximate surface area is 87.2 Å². The number of hydrogen-bond acceptors (Lipinski definition) is 1. The molecule has 1 atom stereocenters. The predicted molar refractivity (Wildman–Crippen MR) is 57.1 cm³/mol. The van der Waals surface area contributed by atoms with Crippen LogP contribution in [0.25, 0.3) is 0 Å². The largest absolute Gasteiger partial charge is 0.378 e. The van der Waals surface area contributed by atoms with E-state index in [9.17, 15) is 0 Å². The van der Waals surface area contributed by atoms with Crippen molar-refractivity contribution in [1.82, 2.24) is 0 Å². The van der Waals surface area contributed by atoms with Crippen molar-refractivity contribution in [2.45, 2.75) is 58.5 Å². The Morgan fingerprint density at radius 1 is 1.21 bits per heavy atom. The zero-order valence-electron chi connectivity index (χ0n) is 9.51. The van der Waals surface area contributed by atoms with Gasteiger partial charge in [0.2, 0.25) is 0 Å². The van der Waals surface area contributed by atoms with E-state index in [1.807, 2.05) is 0 Å². The van der Waals surface area contributed by atoms with E-state index in [1.54, 1.807) is 0 Å². The predicted octanol–water partition coefficient (Wildman–Crippen LogP) is 3.38. The zero-order chi connectivity index (χ0) is 9.81. The monoisotopic (exact) mass is 194 g/mol. The third-order valence-corrected chi connectivity index (χ3v) is 5.06. The van der Waals surface area contributed by atoms with Gasteiger partial charge in [-0.05, 0) is 55.8 Å². The van der Waals surface area contributed by atoms with Gasteiger partial charge >= 0.3 is 0 Å². The minimum absolute atomic E-state index is 0.493. The summed E-state index contributed by atoms with van der Waals surface area (Å²) in [5.41, 5.74) is 1.66. The molecule has 3 aliphatic carbocycles. The van der Waals surface area contributed by atoms with Crippen molar-refractivity contribution in [2.24, 2.45) is 16.7 Å². The molecule has 3 rings (SSSR count). The van der Waals surface area contributed by atoms with Crippen LogP contribution in [0, 0.1) is 16.7 Å². The lowest BCUT2D eigenvalue weighted by Crippen LogP contribution is -2.10. The molecule has 1 nitrogen and oxygen atoms in total. The Kier molecular flexibility index (Phi) is 1.81. The summed E-state index contributed by atoms with van der Waals surface area (Å²) in [7, 11) is 0. The molecule has 1 heteroatoms. The lowest BCUT2D eigenvalue weighted by molar-refractivity contribution is 0.0470. The van der Waals surface area contributed by atoms with Crippen LogP contribution in [0.15, 0.2) is 0 Å². The summed E-state index contributed by atoms with van der Waals surface area (Å²) in [5.74, 6) is 0.967. The highest BCUT2D eigenvalue weighted by atomic mass is 16.5. The molecule has 0 radical (unpaired) electrons. The Morgan fingerprint density at radius 3 is 2.21 bits per heavy atom. The smallest absolute Gasteiger partial charge is 0.0547 e. The van der Waals surface area contributed by atoms with Gasteiger partial charge in [0.25, 0.3) is 0 Å². The fourth-order valence-electron chi connectivity index (χ4n) is 3.87. The zero-order valence-corrected chi connectivity index (χ0v) is 9.51. The third-order valence-electron chi connectivity index (χ3n) is 5.06. The number of ether oxygens (including phenoxy) is 1. The van der Waals surface area contributed by atoms with Gasteiger partial charge in [-0.25, -0.2) is 0 Å². The second-order valence-corrected chi connectivity index (χ2v) is 5.80. The minimum Gasteiger partial charge on any atom is -0.378 e. The number of fused-ring (bicyclic) bond motifs is 1. The van der Waals surface area contributed by atoms with Crippen LogP contribution in [-0.2, 0) is 4.74 Å². The standard InChI is InChI=1S/C13H22O/c1-3-4-10(2)14-9-11-12(5-6-12)13(11)7-8-13/h10-11H,3-9H2,1-2H3. The molecule has 3 aliphatic rings. The van der Waals surface area contributed by atoms with Gasteiger partial charge in [-0.2, -0.15) is 0 Å². The molecule has 0 aromatic rings. The maximum absolute atomic E-state index is 5.96. The van der Waals surface area contributed by atoms with Crippen molar-refractivity contribution in [3.63, 3.8) is 0 Å². The maximum Gasteiger partial charge on any atom is 0.0547 e. The van der Waals surface area contributed by atoms with Gasteiger partial charge in [-0.3, -0.25) is 0 Å². The van der Waals surface area contributed by atoms with Crippen molar-refractivity contribution in [1.29, 1.82) is 0 Å². The molecule has 80 valence electrons. The first-order valence-electron chi connectivity index (χ1n) is 6.37. The molecule has 0 aromatic carbocycles. The summed E-state index contributed by atoms with van der Waals surface area (Å²) in [4.78, 5) is 0. The average Bonchev–Trinajstić information content (AvgIpc) is 3.00. The highest BCUT2D eigenvalue weighted by molar-refractivity contribution is 5.34. The molecule has 0 aromatic heterocycles. The summed E-state index contributed by atoms with van der Waals surface area (Å²) in [6.07, 6.45) is 9.04. The summed E-state index contributed by atoms with van der Waals surface area (Å²) >= 11 is 0. The highest BCUT2D eigenvalue weighted by Crippen LogP contribution is 2.92. The van der Waals surface area contributed by atoms with Gasteiger partial charge < -0.3 is 4.74 Å². The fraction of sp³-hybridized carbons (Fsp3) is 1.00. The van der Waals surface area contributed by atoms with Crippen LogP contribution in [0.3, 0.4) is 0 Å². The molecule has 0 bridgehead atoms. The molecule has 3 fully saturated rings. The first-order chi connectivity index (χ1) is 6.75.